The number of allylic oxidation sites excluding steroid dienone is 1. The summed E-state index contributed by atoms with van der Waals surface area (Å²) in [5.74, 6) is -1.37. The first-order valence-electron chi connectivity index (χ1n) is 7.30. The Hall–Kier alpha value is -1.77. The fourth-order valence-electron chi connectivity index (χ4n) is 2.35. The van der Waals surface area contributed by atoms with E-state index in [1.165, 1.54) is 0 Å². The molecule has 0 aromatic heterocycles. The molecule has 0 spiro atoms. The molecule has 2 N–H and O–H groups in total. The zero-order valence-corrected chi connectivity index (χ0v) is 12.3. The average Bonchev–Trinajstić information content (AvgIpc) is 2.47. The van der Waals surface area contributed by atoms with Crippen molar-refractivity contribution in [1.82, 2.24) is 0 Å². The quantitative estimate of drug-likeness (QED) is 0.537. The van der Waals surface area contributed by atoms with Crippen molar-refractivity contribution in [2.45, 2.75) is 46.0 Å². The van der Waals surface area contributed by atoms with Gasteiger partial charge < -0.3 is 10.2 Å². The zero-order valence-electron chi connectivity index (χ0n) is 12.3. The Morgan fingerprint density at radius 3 is 2.30 bits per heavy atom. The van der Waals surface area contributed by atoms with Crippen LogP contribution in [0.1, 0.15) is 51.5 Å². The van der Waals surface area contributed by atoms with Crippen LogP contribution in [0.2, 0.25) is 0 Å². The van der Waals surface area contributed by atoms with Crippen LogP contribution in [0.5, 0.6) is 0 Å². The average molecular weight is 276 g/mol. The van der Waals surface area contributed by atoms with Gasteiger partial charge in [-0.1, -0.05) is 69.9 Å². The molecule has 0 aliphatic carbocycles. The third kappa shape index (κ3) is 4.72. The number of carboxylic acid groups (broad SMARTS) is 1. The summed E-state index contributed by atoms with van der Waals surface area (Å²) >= 11 is 0. The Labute approximate surface area is 121 Å². The van der Waals surface area contributed by atoms with Crippen molar-refractivity contribution >= 4 is 11.5 Å². The fraction of sp³-hybridized carbons (Fsp3) is 0.471. The van der Waals surface area contributed by atoms with Gasteiger partial charge >= 0.3 is 5.97 Å². The largest absolute Gasteiger partial charge is 0.502 e. The molecule has 0 amide bonds. The number of unbranched alkanes of at least 4 members (excludes halogenated alkanes) is 1. The van der Waals surface area contributed by atoms with Crippen molar-refractivity contribution < 1.29 is 15.0 Å². The molecule has 0 radical (unpaired) electrons. The number of carboxylic acids is 1. The lowest BCUT2D eigenvalue weighted by Gasteiger charge is -2.17. The van der Waals surface area contributed by atoms with E-state index in [2.05, 4.69) is 13.8 Å². The van der Waals surface area contributed by atoms with Gasteiger partial charge in [0.05, 0.1) is 0 Å². The normalized spacial score (nSPS) is 13.7. The first-order valence-corrected chi connectivity index (χ1v) is 7.30. The van der Waals surface area contributed by atoms with Gasteiger partial charge in [-0.3, -0.25) is 0 Å². The second-order valence-corrected chi connectivity index (χ2v) is 5.12. The second-order valence-electron chi connectivity index (χ2n) is 5.12. The number of aliphatic hydroxyl groups excluding tert-OH is 1. The SMILES string of the molecule is CCCCC(CC)CC(=C(O)C(=O)O)c1ccccc1. The summed E-state index contributed by atoms with van der Waals surface area (Å²) in [5.41, 5.74) is 1.34. The third-order valence-corrected chi connectivity index (χ3v) is 3.65. The molecular formula is C17H24O3. The van der Waals surface area contributed by atoms with Gasteiger partial charge in [0.2, 0.25) is 5.76 Å². The lowest BCUT2D eigenvalue weighted by atomic mass is 9.88. The van der Waals surface area contributed by atoms with Crippen molar-refractivity contribution in [3.05, 3.63) is 41.7 Å². The highest BCUT2D eigenvalue weighted by atomic mass is 16.4. The van der Waals surface area contributed by atoms with Crippen LogP contribution in [0, 0.1) is 5.92 Å². The summed E-state index contributed by atoms with van der Waals surface area (Å²) in [7, 11) is 0. The molecule has 0 fully saturated rings. The van der Waals surface area contributed by atoms with Gasteiger partial charge in [-0.2, -0.15) is 0 Å². The van der Waals surface area contributed by atoms with Crippen LogP contribution in [0.4, 0.5) is 0 Å². The van der Waals surface area contributed by atoms with Crippen LogP contribution in [-0.2, 0) is 4.79 Å². The number of aliphatic carboxylic acids is 1. The molecule has 0 saturated heterocycles. The topological polar surface area (TPSA) is 57.5 Å². The standard InChI is InChI=1S/C17H24O3/c1-3-5-9-13(4-2)12-15(16(18)17(19)20)14-10-7-6-8-11-14/h6-8,10-11,13,18H,3-5,9,12H2,1-2H3,(H,19,20). The van der Waals surface area contributed by atoms with Gasteiger partial charge in [0.15, 0.2) is 0 Å². The molecule has 3 heteroatoms. The second kappa shape index (κ2) is 8.41. The van der Waals surface area contributed by atoms with Crippen LogP contribution in [-0.4, -0.2) is 16.2 Å². The van der Waals surface area contributed by atoms with E-state index < -0.39 is 11.7 Å². The predicted molar refractivity (Wildman–Crippen MR) is 81.5 cm³/mol. The Balaban J connectivity index is 3.01. The molecule has 0 aliphatic rings. The van der Waals surface area contributed by atoms with Gasteiger partial charge in [0, 0.05) is 5.57 Å². The lowest BCUT2D eigenvalue weighted by molar-refractivity contribution is -0.135. The highest BCUT2D eigenvalue weighted by Crippen LogP contribution is 2.29. The molecule has 20 heavy (non-hydrogen) atoms. The summed E-state index contributed by atoms with van der Waals surface area (Å²) in [6.07, 6.45) is 4.93. The van der Waals surface area contributed by atoms with E-state index in [1.54, 1.807) is 0 Å². The van der Waals surface area contributed by atoms with Crippen LogP contribution in [0.3, 0.4) is 0 Å². The molecule has 0 bridgehead atoms. The van der Waals surface area contributed by atoms with E-state index in [1.807, 2.05) is 30.3 Å². The zero-order chi connectivity index (χ0) is 15.0. The molecule has 1 aromatic carbocycles. The minimum Gasteiger partial charge on any atom is -0.502 e. The summed E-state index contributed by atoms with van der Waals surface area (Å²) in [6.45, 7) is 4.26. The van der Waals surface area contributed by atoms with E-state index in [0.717, 1.165) is 31.2 Å². The van der Waals surface area contributed by atoms with Gasteiger partial charge in [0.25, 0.3) is 0 Å². The molecule has 0 saturated carbocycles. The van der Waals surface area contributed by atoms with Crippen LogP contribution < -0.4 is 0 Å². The van der Waals surface area contributed by atoms with Crippen molar-refractivity contribution in [3.8, 4) is 0 Å². The van der Waals surface area contributed by atoms with E-state index in [-0.39, 0.29) is 0 Å². The molecule has 1 rings (SSSR count). The van der Waals surface area contributed by atoms with Gasteiger partial charge in [-0.25, -0.2) is 4.79 Å². The molecule has 1 atom stereocenters. The monoisotopic (exact) mass is 276 g/mol. The first-order chi connectivity index (χ1) is 9.60. The van der Waals surface area contributed by atoms with Crippen LogP contribution in [0.15, 0.2) is 36.1 Å². The van der Waals surface area contributed by atoms with Crippen molar-refractivity contribution in [1.29, 1.82) is 0 Å². The number of aliphatic hydroxyl groups is 1. The van der Waals surface area contributed by atoms with Gasteiger partial charge in [-0.15, -0.1) is 0 Å². The molecular weight excluding hydrogens is 252 g/mol. The molecule has 110 valence electrons. The van der Waals surface area contributed by atoms with Crippen molar-refractivity contribution in [2.24, 2.45) is 5.92 Å². The Bertz CT molecular complexity index is 449. The molecule has 0 aliphatic heterocycles. The summed E-state index contributed by atoms with van der Waals surface area (Å²) in [4.78, 5) is 11.1. The smallest absolute Gasteiger partial charge is 0.371 e. The predicted octanol–water partition coefficient (Wildman–Crippen LogP) is 4.65. The Morgan fingerprint density at radius 1 is 1.15 bits per heavy atom. The van der Waals surface area contributed by atoms with Crippen molar-refractivity contribution in [3.63, 3.8) is 0 Å². The number of benzene rings is 1. The highest BCUT2D eigenvalue weighted by Gasteiger charge is 2.18. The minimum absolute atomic E-state index is 0.409. The van der Waals surface area contributed by atoms with E-state index in [0.29, 0.717) is 17.9 Å². The third-order valence-electron chi connectivity index (χ3n) is 3.65. The van der Waals surface area contributed by atoms with E-state index in [4.69, 9.17) is 5.11 Å². The van der Waals surface area contributed by atoms with Gasteiger partial charge in [0.1, 0.15) is 0 Å². The number of hydrogen-bond donors (Lipinski definition) is 2. The van der Waals surface area contributed by atoms with Crippen molar-refractivity contribution in [2.75, 3.05) is 0 Å². The lowest BCUT2D eigenvalue weighted by Crippen LogP contribution is -2.08. The molecule has 1 aromatic rings. The maximum absolute atomic E-state index is 11.1. The van der Waals surface area contributed by atoms with Crippen LogP contribution in [0.25, 0.3) is 5.57 Å². The molecule has 1 unspecified atom stereocenters. The number of hydrogen-bond acceptors (Lipinski definition) is 2. The minimum atomic E-state index is -1.26. The number of carbonyl (C=O) groups is 1. The molecule has 0 heterocycles. The Morgan fingerprint density at radius 2 is 1.80 bits per heavy atom. The number of rotatable bonds is 8. The first kappa shape index (κ1) is 16.3. The van der Waals surface area contributed by atoms with E-state index in [9.17, 15) is 9.90 Å². The Kier molecular flexibility index (Phi) is 6.85. The summed E-state index contributed by atoms with van der Waals surface area (Å²) in [6, 6.07) is 9.30. The maximum atomic E-state index is 11.1. The molecule has 3 nitrogen and oxygen atoms in total. The summed E-state index contributed by atoms with van der Waals surface area (Å²) in [5, 5.41) is 19.0. The fourth-order valence-corrected chi connectivity index (χ4v) is 2.35. The highest BCUT2D eigenvalue weighted by molar-refractivity contribution is 5.93. The van der Waals surface area contributed by atoms with Crippen LogP contribution >= 0.6 is 0 Å². The van der Waals surface area contributed by atoms with E-state index >= 15 is 0 Å². The van der Waals surface area contributed by atoms with Gasteiger partial charge in [-0.05, 0) is 17.9 Å². The maximum Gasteiger partial charge on any atom is 0.371 e. The summed E-state index contributed by atoms with van der Waals surface area (Å²) < 4.78 is 0.